The summed E-state index contributed by atoms with van der Waals surface area (Å²) in [6, 6.07) is 0. The molecule has 0 aromatic rings. The lowest BCUT2D eigenvalue weighted by Gasteiger charge is -2.24. The molecule has 0 aliphatic rings. The van der Waals surface area contributed by atoms with E-state index in [1.807, 2.05) is 21.1 Å². The highest BCUT2D eigenvalue weighted by molar-refractivity contribution is 7.47. The van der Waals surface area contributed by atoms with Crippen LogP contribution < -0.4 is 0 Å². The van der Waals surface area contributed by atoms with Gasteiger partial charge in [-0.3, -0.25) is 18.6 Å². The van der Waals surface area contributed by atoms with Crippen molar-refractivity contribution in [3.8, 4) is 0 Å². The zero-order valence-electron chi connectivity index (χ0n) is 35.7. The monoisotopic (exact) mass is 787 g/mol. The van der Waals surface area contributed by atoms with E-state index < -0.39 is 26.5 Å². The van der Waals surface area contributed by atoms with E-state index in [0.717, 1.165) is 70.6 Å². The molecule has 0 radical (unpaired) electrons. The molecule has 0 amide bonds. The molecular formula is C44H85NO8P+. The molecule has 2 atom stereocenters. The molecule has 0 saturated heterocycles. The Morgan fingerprint density at radius 2 is 0.944 bits per heavy atom. The molecule has 10 heteroatoms. The van der Waals surface area contributed by atoms with Crippen LogP contribution in [-0.2, 0) is 32.7 Å². The van der Waals surface area contributed by atoms with Crippen molar-refractivity contribution < 1.29 is 42.1 Å². The van der Waals surface area contributed by atoms with Crippen molar-refractivity contribution in [1.29, 1.82) is 0 Å². The van der Waals surface area contributed by atoms with Gasteiger partial charge in [0.15, 0.2) is 6.10 Å². The summed E-state index contributed by atoms with van der Waals surface area (Å²) in [5.74, 6) is -0.821. The molecule has 0 aliphatic carbocycles. The number of esters is 2. The summed E-state index contributed by atoms with van der Waals surface area (Å²) in [4.78, 5) is 35.3. The molecule has 0 aliphatic heterocycles. The number of allylic oxidation sites excluding steroid dienone is 4. The van der Waals surface area contributed by atoms with Crippen molar-refractivity contribution in [2.45, 2.75) is 200 Å². The largest absolute Gasteiger partial charge is 0.472 e. The minimum atomic E-state index is -4.38. The van der Waals surface area contributed by atoms with Gasteiger partial charge in [0.05, 0.1) is 27.7 Å². The Hall–Kier alpha value is -1.51. The summed E-state index contributed by atoms with van der Waals surface area (Å²) >= 11 is 0. The van der Waals surface area contributed by atoms with Crippen molar-refractivity contribution in [1.82, 2.24) is 0 Å². The van der Waals surface area contributed by atoms with E-state index >= 15 is 0 Å². The normalized spacial score (nSPS) is 13.8. The van der Waals surface area contributed by atoms with E-state index in [4.69, 9.17) is 18.5 Å². The van der Waals surface area contributed by atoms with Crippen molar-refractivity contribution in [2.75, 3.05) is 47.5 Å². The van der Waals surface area contributed by atoms with Gasteiger partial charge in [-0.05, 0) is 64.2 Å². The van der Waals surface area contributed by atoms with Crippen LogP contribution in [0.2, 0.25) is 0 Å². The van der Waals surface area contributed by atoms with E-state index in [0.29, 0.717) is 17.4 Å². The van der Waals surface area contributed by atoms with Crippen molar-refractivity contribution in [3.05, 3.63) is 24.3 Å². The van der Waals surface area contributed by atoms with E-state index in [2.05, 4.69) is 38.2 Å². The van der Waals surface area contributed by atoms with E-state index in [1.54, 1.807) is 0 Å². The molecule has 0 fully saturated rings. The molecule has 0 heterocycles. The molecule has 0 bridgehead atoms. The van der Waals surface area contributed by atoms with Crippen LogP contribution in [-0.4, -0.2) is 74.9 Å². The van der Waals surface area contributed by atoms with Crippen molar-refractivity contribution in [3.63, 3.8) is 0 Å². The minimum absolute atomic E-state index is 0.0290. The molecule has 0 aromatic carbocycles. The number of ether oxygens (including phenoxy) is 2. The maximum absolute atomic E-state index is 12.7. The number of nitrogens with zero attached hydrogens (tertiary/aromatic N) is 1. The number of hydrogen-bond donors (Lipinski definition) is 1. The zero-order chi connectivity index (χ0) is 40.0. The Balaban J connectivity index is 4.39. The second-order valence-corrected chi connectivity index (χ2v) is 17.5. The molecule has 9 nitrogen and oxygen atoms in total. The quantitative estimate of drug-likeness (QED) is 0.0215. The van der Waals surface area contributed by atoms with Crippen LogP contribution in [0.4, 0.5) is 0 Å². The number of hydrogen-bond acceptors (Lipinski definition) is 7. The van der Waals surface area contributed by atoms with Crippen LogP contribution in [0, 0.1) is 0 Å². The van der Waals surface area contributed by atoms with Crippen LogP contribution in [0.15, 0.2) is 24.3 Å². The molecule has 0 saturated carbocycles. The van der Waals surface area contributed by atoms with E-state index in [-0.39, 0.29) is 32.0 Å². The number of phosphoric acid groups is 1. The van der Waals surface area contributed by atoms with Gasteiger partial charge in [0.25, 0.3) is 0 Å². The summed E-state index contributed by atoms with van der Waals surface area (Å²) in [6.07, 6.45) is 39.3. The topological polar surface area (TPSA) is 108 Å². The first-order valence-corrected chi connectivity index (χ1v) is 23.6. The fraction of sp³-hybridized carbons (Fsp3) is 0.864. The number of carbonyl (C=O) groups excluding carboxylic acids is 2. The third kappa shape index (κ3) is 40.2. The fourth-order valence-corrected chi connectivity index (χ4v) is 6.69. The maximum Gasteiger partial charge on any atom is 0.472 e. The number of unbranched alkanes of at least 4 members (excludes halogenated alkanes) is 22. The Morgan fingerprint density at radius 1 is 0.556 bits per heavy atom. The van der Waals surface area contributed by atoms with Gasteiger partial charge in [-0.2, -0.15) is 0 Å². The minimum Gasteiger partial charge on any atom is -0.462 e. The van der Waals surface area contributed by atoms with Gasteiger partial charge in [-0.15, -0.1) is 0 Å². The zero-order valence-corrected chi connectivity index (χ0v) is 36.6. The first-order valence-electron chi connectivity index (χ1n) is 22.1. The van der Waals surface area contributed by atoms with Gasteiger partial charge in [-0.1, -0.05) is 141 Å². The Morgan fingerprint density at radius 3 is 1.37 bits per heavy atom. The van der Waals surface area contributed by atoms with E-state index in [9.17, 15) is 19.0 Å². The van der Waals surface area contributed by atoms with Gasteiger partial charge in [0, 0.05) is 12.8 Å². The van der Waals surface area contributed by atoms with Crippen LogP contribution in [0.5, 0.6) is 0 Å². The molecule has 54 heavy (non-hydrogen) atoms. The van der Waals surface area contributed by atoms with E-state index in [1.165, 1.54) is 89.9 Å². The van der Waals surface area contributed by atoms with Crippen LogP contribution in [0.1, 0.15) is 194 Å². The number of rotatable bonds is 40. The third-order valence-corrected chi connectivity index (χ3v) is 10.4. The van der Waals surface area contributed by atoms with Gasteiger partial charge in [0.1, 0.15) is 19.8 Å². The molecular weight excluding hydrogens is 701 g/mol. The third-order valence-electron chi connectivity index (χ3n) is 9.45. The first-order chi connectivity index (χ1) is 26.0. The van der Waals surface area contributed by atoms with Crippen LogP contribution >= 0.6 is 7.82 Å². The molecule has 1 N–H and O–H groups in total. The van der Waals surface area contributed by atoms with Crippen molar-refractivity contribution in [2.24, 2.45) is 0 Å². The number of likely N-dealkylation sites (N-methyl/N-ethyl adjacent to an activating group) is 1. The summed E-state index contributed by atoms with van der Waals surface area (Å²) in [7, 11) is 1.47. The van der Waals surface area contributed by atoms with Crippen LogP contribution in [0.3, 0.4) is 0 Å². The van der Waals surface area contributed by atoms with Crippen molar-refractivity contribution >= 4 is 19.8 Å². The Kier molecular flexibility index (Phi) is 36.1. The Labute approximate surface area is 332 Å². The number of carbonyl (C=O) groups is 2. The van der Waals surface area contributed by atoms with Crippen LogP contribution in [0.25, 0.3) is 0 Å². The lowest BCUT2D eigenvalue weighted by atomic mass is 10.1. The van der Waals surface area contributed by atoms with Gasteiger partial charge in [0.2, 0.25) is 0 Å². The highest BCUT2D eigenvalue weighted by Crippen LogP contribution is 2.43. The molecule has 0 spiro atoms. The summed E-state index contributed by atoms with van der Waals surface area (Å²) in [6.45, 7) is 4.40. The highest BCUT2D eigenvalue weighted by Gasteiger charge is 2.27. The Bertz CT molecular complexity index is 980. The van der Waals surface area contributed by atoms with Gasteiger partial charge in [-0.25, -0.2) is 4.57 Å². The summed E-state index contributed by atoms with van der Waals surface area (Å²) in [5, 5.41) is 0. The molecule has 2 unspecified atom stereocenters. The predicted molar refractivity (Wildman–Crippen MR) is 224 cm³/mol. The lowest BCUT2D eigenvalue weighted by molar-refractivity contribution is -0.870. The maximum atomic E-state index is 12.7. The summed E-state index contributed by atoms with van der Waals surface area (Å²) in [5.41, 5.74) is 0. The first kappa shape index (κ1) is 52.5. The average molecular weight is 787 g/mol. The smallest absolute Gasteiger partial charge is 0.462 e. The van der Waals surface area contributed by atoms with Gasteiger partial charge >= 0.3 is 19.8 Å². The lowest BCUT2D eigenvalue weighted by Crippen LogP contribution is -2.37. The number of phosphoric ester groups is 1. The summed E-state index contributed by atoms with van der Waals surface area (Å²) < 4.78 is 34.3. The molecule has 0 aromatic heterocycles. The fourth-order valence-electron chi connectivity index (χ4n) is 5.94. The predicted octanol–water partition coefficient (Wildman–Crippen LogP) is 12.4. The average Bonchev–Trinajstić information content (AvgIpc) is 3.12. The van der Waals surface area contributed by atoms with Gasteiger partial charge < -0.3 is 18.9 Å². The second-order valence-electron chi connectivity index (χ2n) is 16.1. The number of quaternary nitrogens is 1. The second kappa shape index (κ2) is 37.1. The standard InChI is InChI=1S/C44H84NO8P/c1-6-8-10-12-14-16-18-20-22-24-26-28-30-32-34-36-43(46)50-40-42(41-52-54(48,49)51-39-38-45(3,4)5)53-44(47)37-35-33-31-29-27-25-23-21-19-17-15-13-11-9-7-2/h22-25,42H,6-21,26-41H2,1-5H3/p+1/b24-22+,25-23+. The SMILES string of the molecule is CCCCCCCCC/C=C/CCCCCCC(=O)OCC(COP(=O)(O)OCC[N+](C)(C)C)OC(=O)CCCCCC/C=C/CCCCCCCCC. The molecule has 318 valence electrons. The highest BCUT2D eigenvalue weighted by atomic mass is 31.2. The molecule has 0 rings (SSSR count).